The number of hydrogen-bond acceptors (Lipinski definition) is 4. The zero-order valence-electron chi connectivity index (χ0n) is 12.8. The van der Waals surface area contributed by atoms with Gasteiger partial charge in [0.15, 0.2) is 5.78 Å². The Hall–Kier alpha value is -1.63. The average Bonchev–Trinajstić information content (AvgIpc) is 2.76. The van der Waals surface area contributed by atoms with Crippen molar-refractivity contribution in [2.24, 2.45) is 0 Å². The van der Waals surface area contributed by atoms with Crippen molar-refractivity contribution in [3.05, 3.63) is 35.0 Å². The molecule has 0 radical (unpaired) electrons. The van der Waals surface area contributed by atoms with Gasteiger partial charge in [0.1, 0.15) is 0 Å². The van der Waals surface area contributed by atoms with Crippen molar-refractivity contribution in [2.45, 2.75) is 20.3 Å². The van der Waals surface area contributed by atoms with E-state index in [1.807, 2.05) is 0 Å². The first-order valence-corrected chi connectivity index (χ1v) is 6.51. The van der Waals surface area contributed by atoms with Gasteiger partial charge in [-0.15, -0.1) is 0 Å². The fourth-order valence-electron chi connectivity index (χ4n) is 2.26. The summed E-state index contributed by atoms with van der Waals surface area (Å²) in [6.45, 7) is 3.15. The van der Waals surface area contributed by atoms with Crippen LogP contribution in [0.15, 0.2) is 18.2 Å². The number of fused-ring (bicyclic) bond motifs is 1. The summed E-state index contributed by atoms with van der Waals surface area (Å²) in [5, 5.41) is 14.5. The molecule has 6 nitrogen and oxygen atoms in total. The van der Waals surface area contributed by atoms with E-state index in [9.17, 15) is 19.5 Å². The van der Waals surface area contributed by atoms with Crippen LogP contribution in [0.2, 0.25) is 0 Å². The third-order valence-corrected chi connectivity index (χ3v) is 3.27. The largest absolute Gasteiger partial charge is 1.00 e. The zero-order chi connectivity index (χ0) is 15.6. The number of rotatable bonds is 5. The number of aromatic amines is 1. The van der Waals surface area contributed by atoms with E-state index in [2.05, 4.69) is 10.3 Å². The van der Waals surface area contributed by atoms with Crippen LogP contribution < -0.4 is 40.0 Å². The maximum Gasteiger partial charge on any atom is 1.00 e. The van der Waals surface area contributed by atoms with Gasteiger partial charge in [0.05, 0.1) is 11.7 Å². The third-order valence-electron chi connectivity index (χ3n) is 3.27. The Morgan fingerprint density at radius 3 is 2.45 bits per heavy atom. The van der Waals surface area contributed by atoms with Crippen LogP contribution in [0, 0.1) is 0 Å². The number of aromatic nitrogens is 1. The van der Waals surface area contributed by atoms with Crippen LogP contribution in [-0.2, 0) is 11.2 Å². The average molecular weight is 310 g/mol. The summed E-state index contributed by atoms with van der Waals surface area (Å²) < 4.78 is 0. The predicted octanol–water partition coefficient (Wildman–Crippen LogP) is -2.58. The van der Waals surface area contributed by atoms with Crippen molar-refractivity contribution in [2.75, 3.05) is 6.54 Å². The first-order chi connectivity index (χ1) is 9.90. The summed E-state index contributed by atoms with van der Waals surface area (Å²) in [4.78, 5) is 36.3. The van der Waals surface area contributed by atoms with Crippen LogP contribution in [0.3, 0.4) is 0 Å². The van der Waals surface area contributed by atoms with E-state index in [1.165, 1.54) is 13.8 Å². The summed E-state index contributed by atoms with van der Waals surface area (Å²) in [6.07, 6.45) is 0.338. The SMILES string of the molecule is CC(=O)NCCc1c(C(=O)[O-])[nH]c2ccc(C(C)=O)cc12.[Na+]. The van der Waals surface area contributed by atoms with Gasteiger partial charge in [-0.05, 0) is 37.1 Å². The van der Waals surface area contributed by atoms with Crippen LogP contribution in [0.5, 0.6) is 0 Å². The minimum absolute atomic E-state index is 0. The normalized spacial score (nSPS) is 10.1. The molecular weight excluding hydrogens is 295 g/mol. The maximum absolute atomic E-state index is 11.4. The van der Waals surface area contributed by atoms with Crippen molar-refractivity contribution in [1.82, 2.24) is 10.3 Å². The summed E-state index contributed by atoms with van der Waals surface area (Å²) in [5.74, 6) is -1.59. The van der Waals surface area contributed by atoms with Crippen molar-refractivity contribution >= 4 is 28.6 Å². The Morgan fingerprint density at radius 1 is 1.23 bits per heavy atom. The Kier molecular flexibility index (Phi) is 6.34. The van der Waals surface area contributed by atoms with Crippen LogP contribution in [0.25, 0.3) is 10.9 Å². The van der Waals surface area contributed by atoms with Gasteiger partial charge in [-0.1, -0.05) is 0 Å². The van der Waals surface area contributed by atoms with Crippen LogP contribution in [-0.4, -0.2) is 29.2 Å². The molecule has 0 saturated heterocycles. The Bertz CT molecular complexity index is 736. The number of carboxylic acids is 1. The summed E-state index contributed by atoms with van der Waals surface area (Å²) in [5.41, 5.74) is 1.64. The van der Waals surface area contributed by atoms with Crippen molar-refractivity contribution in [3.63, 3.8) is 0 Å². The molecule has 1 amide bonds. The number of carbonyl (C=O) groups is 3. The number of hydrogen-bond donors (Lipinski definition) is 2. The second-order valence-electron chi connectivity index (χ2n) is 4.82. The van der Waals surface area contributed by atoms with Crippen LogP contribution in [0.1, 0.15) is 40.3 Å². The first kappa shape index (κ1) is 18.4. The summed E-state index contributed by atoms with van der Waals surface area (Å²) in [6, 6.07) is 4.96. The smallest absolute Gasteiger partial charge is 0.543 e. The number of benzene rings is 1. The molecule has 110 valence electrons. The van der Waals surface area contributed by atoms with Gasteiger partial charge < -0.3 is 20.2 Å². The van der Waals surface area contributed by atoms with Gasteiger partial charge in [0, 0.05) is 29.9 Å². The van der Waals surface area contributed by atoms with E-state index in [-0.39, 0.29) is 46.9 Å². The number of carboxylic acid groups (broad SMARTS) is 1. The molecule has 0 saturated carbocycles. The van der Waals surface area contributed by atoms with Crippen molar-refractivity contribution in [3.8, 4) is 0 Å². The fourth-order valence-corrected chi connectivity index (χ4v) is 2.26. The van der Waals surface area contributed by atoms with Crippen LogP contribution in [0.4, 0.5) is 0 Å². The topological polar surface area (TPSA) is 102 Å². The molecule has 0 spiro atoms. The molecule has 2 N–H and O–H groups in total. The monoisotopic (exact) mass is 310 g/mol. The molecule has 0 atom stereocenters. The molecule has 0 aliphatic rings. The quantitative estimate of drug-likeness (QED) is 0.467. The maximum atomic E-state index is 11.4. The molecule has 0 aliphatic carbocycles. The molecule has 7 heteroatoms. The Labute approximate surface area is 149 Å². The molecule has 1 aromatic heterocycles. The van der Waals surface area contributed by atoms with E-state index < -0.39 is 5.97 Å². The summed E-state index contributed by atoms with van der Waals surface area (Å²) >= 11 is 0. The molecule has 22 heavy (non-hydrogen) atoms. The number of amides is 1. The molecule has 1 heterocycles. The van der Waals surface area contributed by atoms with E-state index in [0.717, 1.165) is 0 Å². The van der Waals surface area contributed by atoms with E-state index in [0.29, 0.717) is 35.0 Å². The molecule has 0 bridgehead atoms. The predicted molar refractivity (Wildman–Crippen MR) is 75.0 cm³/mol. The molecule has 0 unspecified atom stereocenters. The Morgan fingerprint density at radius 2 is 1.91 bits per heavy atom. The first-order valence-electron chi connectivity index (χ1n) is 6.51. The number of Topliss-reactive ketones (excluding diaryl/α,β-unsaturated/α-hetero) is 1. The number of carbonyl (C=O) groups excluding carboxylic acids is 3. The second kappa shape index (κ2) is 7.58. The second-order valence-corrected chi connectivity index (χ2v) is 4.82. The van der Waals surface area contributed by atoms with Gasteiger partial charge in [0.2, 0.25) is 5.91 Å². The minimum atomic E-state index is -1.31. The van der Waals surface area contributed by atoms with Gasteiger partial charge in [-0.2, -0.15) is 0 Å². The third kappa shape index (κ3) is 3.97. The fraction of sp³-hybridized carbons (Fsp3) is 0.267. The van der Waals surface area contributed by atoms with Gasteiger partial charge in [-0.25, -0.2) is 0 Å². The number of H-pyrrole nitrogens is 1. The number of aromatic carboxylic acids is 1. The number of nitrogens with one attached hydrogen (secondary N) is 2. The standard InChI is InChI=1S/C15H16N2O4.Na/c1-8(18)10-3-4-13-12(7-10)11(5-6-16-9(2)19)14(17-13)15(20)21;/h3-4,7,17H,5-6H2,1-2H3,(H,16,19)(H,20,21);/q;+1/p-1. The summed E-state index contributed by atoms with van der Waals surface area (Å²) in [7, 11) is 0. The molecule has 0 aliphatic heterocycles. The van der Waals surface area contributed by atoms with E-state index >= 15 is 0 Å². The van der Waals surface area contributed by atoms with Gasteiger partial charge >= 0.3 is 29.6 Å². The van der Waals surface area contributed by atoms with Gasteiger partial charge in [0.25, 0.3) is 0 Å². The van der Waals surface area contributed by atoms with E-state index in [1.54, 1.807) is 18.2 Å². The molecule has 2 rings (SSSR count). The molecular formula is C15H15N2NaO4. The molecule has 1 aromatic carbocycles. The zero-order valence-corrected chi connectivity index (χ0v) is 14.8. The number of ketones is 1. The molecule has 0 fully saturated rings. The van der Waals surface area contributed by atoms with E-state index in [4.69, 9.17) is 0 Å². The van der Waals surface area contributed by atoms with Crippen molar-refractivity contribution < 1.29 is 49.0 Å². The van der Waals surface area contributed by atoms with Crippen LogP contribution >= 0.6 is 0 Å². The minimum Gasteiger partial charge on any atom is -0.543 e. The Balaban J connectivity index is 0.00000242. The molecule has 2 aromatic rings. The van der Waals surface area contributed by atoms with Gasteiger partial charge in [-0.3, -0.25) is 9.59 Å². The van der Waals surface area contributed by atoms with Crippen molar-refractivity contribution in [1.29, 1.82) is 0 Å².